The fraction of sp³-hybridized carbons (Fsp3) is 0.0476. The lowest BCUT2D eigenvalue weighted by atomic mass is 10.0. The Morgan fingerprint density at radius 3 is 2.42 bits per heavy atom. The van der Waals surface area contributed by atoms with Crippen LogP contribution in [0, 0.1) is 0 Å². The molecule has 3 aromatic rings. The zero-order chi connectivity index (χ0) is 17.9. The number of carbonyl (C=O) groups excluding carboxylic acids is 2. The number of ketones is 1. The van der Waals surface area contributed by atoms with Crippen LogP contribution in [-0.2, 0) is 0 Å². The van der Waals surface area contributed by atoms with Gasteiger partial charge in [-0.25, -0.2) is 0 Å². The highest BCUT2D eigenvalue weighted by Gasteiger charge is 2.22. The first-order chi connectivity index (χ1) is 12.7. The predicted molar refractivity (Wildman–Crippen MR) is 96.8 cm³/mol. The quantitative estimate of drug-likeness (QED) is 0.729. The van der Waals surface area contributed by atoms with Gasteiger partial charge in [0.15, 0.2) is 17.3 Å². The second-order valence-electron chi connectivity index (χ2n) is 5.77. The van der Waals surface area contributed by atoms with Crippen LogP contribution in [-0.4, -0.2) is 18.5 Å². The van der Waals surface area contributed by atoms with Crippen LogP contribution in [0.3, 0.4) is 0 Å². The van der Waals surface area contributed by atoms with Crippen LogP contribution in [0.15, 0.2) is 72.8 Å². The van der Waals surface area contributed by atoms with Gasteiger partial charge in [-0.05, 0) is 24.3 Å². The summed E-state index contributed by atoms with van der Waals surface area (Å²) in [6, 6.07) is 21.0. The average molecular weight is 345 g/mol. The standard InChI is InChI=1S/C21H15NO4/c23-19(14-6-2-1-3-7-14)15-8-4-9-16(12-15)22-21(24)17-10-5-11-18-20(17)26-13-25-18/h1-12H,13H2,(H,22,24). The molecule has 1 heterocycles. The molecule has 0 fully saturated rings. The van der Waals surface area contributed by atoms with E-state index in [2.05, 4.69) is 5.32 Å². The average Bonchev–Trinajstić information content (AvgIpc) is 3.17. The molecular weight excluding hydrogens is 330 g/mol. The lowest BCUT2D eigenvalue weighted by molar-refractivity contribution is 0.101. The second-order valence-corrected chi connectivity index (χ2v) is 5.77. The lowest BCUT2D eigenvalue weighted by Crippen LogP contribution is -2.13. The Balaban J connectivity index is 1.57. The molecule has 3 aromatic carbocycles. The second kappa shape index (κ2) is 6.72. The number of amides is 1. The highest BCUT2D eigenvalue weighted by molar-refractivity contribution is 6.11. The van der Waals surface area contributed by atoms with Crippen LogP contribution < -0.4 is 14.8 Å². The van der Waals surface area contributed by atoms with Gasteiger partial charge in [0.1, 0.15) is 0 Å². The number of ether oxygens (including phenoxy) is 2. The minimum absolute atomic E-state index is 0.0979. The van der Waals surface area contributed by atoms with Gasteiger partial charge in [-0.1, -0.05) is 48.5 Å². The molecule has 0 aliphatic carbocycles. The number of rotatable bonds is 4. The van der Waals surface area contributed by atoms with E-state index < -0.39 is 0 Å². The third-order valence-corrected chi connectivity index (χ3v) is 4.06. The topological polar surface area (TPSA) is 64.6 Å². The molecule has 0 spiro atoms. The maximum Gasteiger partial charge on any atom is 0.259 e. The Bertz CT molecular complexity index is 982. The Morgan fingerprint density at radius 1 is 0.808 bits per heavy atom. The molecule has 0 radical (unpaired) electrons. The number of nitrogens with one attached hydrogen (secondary N) is 1. The molecule has 0 bridgehead atoms. The molecule has 128 valence electrons. The smallest absolute Gasteiger partial charge is 0.259 e. The van der Waals surface area contributed by atoms with Gasteiger partial charge in [0.25, 0.3) is 5.91 Å². The first-order valence-electron chi connectivity index (χ1n) is 8.12. The Kier molecular flexibility index (Phi) is 4.11. The predicted octanol–water partition coefficient (Wildman–Crippen LogP) is 3.90. The minimum Gasteiger partial charge on any atom is -0.454 e. The van der Waals surface area contributed by atoms with E-state index in [1.165, 1.54) is 0 Å². The van der Waals surface area contributed by atoms with Crippen molar-refractivity contribution in [2.45, 2.75) is 0 Å². The fourth-order valence-electron chi connectivity index (χ4n) is 2.80. The largest absolute Gasteiger partial charge is 0.454 e. The third kappa shape index (κ3) is 3.02. The number of hydrogen-bond donors (Lipinski definition) is 1. The van der Waals surface area contributed by atoms with E-state index in [9.17, 15) is 9.59 Å². The van der Waals surface area contributed by atoms with Crippen LogP contribution >= 0.6 is 0 Å². The van der Waals surface area contributed by atoms with E-state index in [0.29, 0.717) is 33.9 Å². The maximum absolute atomic E-state index is 12.6. The van der Waals surface area contributed by atoms with E-state index in [1.807, 2.05) is 18.2 Å². The van der Waals surface area contributed by atoms with Gasteiger partial charge in [0.2, 0.25) is 6.79 Å². The molecule has 0 unspecified atom stereocenters. The summed E-state index contributed by atoms with van der Waals surface area (Å²) in [6.45, 7) is 0.0979. The molecule has 1 amide bonds. The summed E-state index contributed by atoms with van der Waals surface area (Å²) in [7, 11) is 0. The SMILES string of the molecule is O=C(c1ccccc1)c1cccc(NC(=O)c2cccc3c2OCO3)c1. The van der Waals surface area contributed by atoms with Crippen molar-refractivity contribution in [3.63, 3.8) is 0 Å². The van der Waals surface area contributed by atoms with E-state index >= 15 is 0 Å². The summed E-state index contributed by atoms with van der Waals surface area (Å²) in [4.78, 5) is 25.2. The Labute approximate surface area is 150 Å². The molecule has 5 heteroatoms. The molecule has 1 aliphatic heterocycles. The summed E-state index contributed by atoms with van der Waals surface area (Å²) in [5, 5.41) is 2.81. The molecule has 5 nitrogen and oxygen atoms in total. The molecule has 1 N–H and O–H groups in total. The first-order valence-corrected chi connectivity index (χ1v) is 8.12. The van der Waals surface area contributed by atoms with Crippen molar-refractivity contribution in [3.8, 4) is 11.5 Å². The summed E-state index contributed by atoms with van der Waals surface area (Å²) in [5.41, 5.74) is 2.03. The highest BCUT2D eigenvalue weighted by Crippen LogP contribution is 2.35. The van der Waals surface area contributed by atoms with Crippen molar-refractivity contribution in [3.05, 3.63) is 89.5 Å². The van der Waals surface area contributed by atoms with Gasteiger partial charge in [0.05, 0.1) is 5.56 Å². The molecule has 1 aliphatic rings. The summed E-state index contributed by atoms with van der Waals surface area (Å²) >= 11 is 0. The van der Waals surface area contributed by atoms with Gasteiger partial charge in [-0.3, -0.25) is 9.59 Å². The molecular formula is C21H15NO4. The molecule has 0 saturated heterocycles. The van der Waals surface area contributed by atoms with Crippen molar-refractivity contribution >= 4 is 17.4 Å². The number of hydrogen-bond acceptors (Lipinski definition) is 4. The van der Waals surface area contributed by atoms with Gasteiger partial charge in [-0.15, -0.1) is 0 Å². The van der Waals surface area contributed by atoms with Crippen LogP contribution in [0.25, 0.3) is 0 Å². The zero-order valence-electron chi connectivity index (χ0n) is 13.8. The number of fused-ring (bicyclic) bond motifs is 1. The third-order valence-electron chi connectivity index (χ3n) is 4.06. The van der Waals surface area contributed by atoms with Crippen molar-refractivity contribution in [2.24, 2.45) is 0 Å². The molecule has 4 rings (SSSR count). The van der Waals surface area contributed by atoms with Crippen LogP contribution in [0.2, 0.25) is 0 Å². The fourth-order valence-corrected chi connectivity index (χ4v) is 2.80. The van der Waals surface area contributed by atoms with Crippen molar-refractivity contribution in [1.82, 2.24) is 0 Å². The van der Waals surface area contributed by atoms with Gasteiger partial charge >= 0.3 is 0 Å². The Hall–Kier alpha value is -3.60. The van der Waals surface area contributed by atoms with E-state index in [1.54, 1.807) is 54.6 Å². The molecule has 26 heavy (non-hydrogen) atoms. The number of carbonyl (C=O) groups is 2. The molecule has 0 atom stereocenters. The van der Waals surface area contributed by atoms with Crippen LogP contribution in [0.5, 0.6) is 11.5 Å². The van der Waals surface area contributed by atoms with Gasteiger partial charge < -0.3 is 14.8 Å². The van der Waals surface area contributed by atoms with Crippen molar-refractivity contribution in [2.75, 3.05) is 12.1 Å². The van der Waals surface area contributed by atoms with Crippen molar-refractivity contribution < 1.29 is 19.1 Å². The van der Waals surface area contributed by atoms with Crippen molar-refractivity contribution in [1.29, 1.82) is 0 Å². The van der Waals surface area contributed by atoms with Gasteiger partial charge in [0, 0.05) is 16.8 Å². The van der Waals surface area contributed by atoms with Crippen LogP contribution in [0.4, 0.5) is 5.69 Å². The number of benzene rings is 3. The maximum atomic E-state index is 12.6. The molecule has 0 aromatic heterocycles. The summed E-state index contributed by atoms with van der Waals surface area (Å²) < 4.78 is 10.7. The Morgan fingerprint density at radius 2 is 1.58 bits per heavy atom. The van der Waals surface area contributed by atoms with Gasteiger partial charge in [-0.2, -0.15) is 0 Å². The monoisotopic (exact) mass is 345 g/mol. The normalized spacial score (nSPS) is 11.8. The zero-order valence-corrected chi connectivity index (χ0v) is 13.8. The van der Waals surface area contributed by atoms with E-state index in [0.717, 1.165) is 0 Å². The number of para-hydroxylation sites is 1. The van der Waals surface area contributed by atoms with E-state index in [-0.39, 0.29) is 18.5 Å². The van der Waals surface area contributed by atoms with Crippen LogP contribution in [0.1, 0.15) is 26.3 Å². The highest BCUT2D eigenvalue weighted by atomic mass is 16.7. The summed E-state index contributed by atoms with van der Waals surface area (Å²) in [5.74, 6) is 0.558. The van der Waals surface area contributed by atoms with E-state index in [4.69, 9.17) is 9.47 Å². The first kappa shape index (κ1) is 15.9. The summed E-state index contributed by atoms with van der Waals surface area (Å²) in [6.07, 6.45) is 0. The molecule has 0 saturated carbocycles. The number of anilines is 1. The minimum atomic E-state index is -0.323. The lowest BCUT2D eigenvalue weighted by Gasteiger charge is -2.09.